The first-order valence-corrected chi connectivity index (χ1v) is 9.94. The third-order valence-electron chi connectivity index (χ3n) is 4.37. The van der Waals surface area contributed by atoms with Crippen molar-refractivity contribution < 1.29 is 27.4 Å². The molecule has 2 aliphatic rings. The summed E-state index contributed by atoms with van der Waals surface area (Å²) >= 11 is 0. The average Bonchev–Trinajstić information content (AvgIpc) is 3.17. The molecule has 0 bridgehead atoms. The average molecular weight is 393 g/mol. The Morgan fingerprint density at radius 1 is 1.07 bits per heavy atom. The Labute approximate surface area is 156 Å². The molecule has 10 heteroatoms. The van der Waals surface area contributed by atoms with Gasteiger partial charge in [0.05, 0.1) is 18.6 Å². The molecule has 144 valence electrons. The van der Waals surface area contributed by atoms with Crippen molar-refractivity contribution in [3.05, 3.63) is 30.3 Å². The molecule has 3 heterocycles. The fourth-order valence-electron chi connectivity index (χ4n) is 3.00. The van der Waals surface area contributed by atoms with Gasteiger partial charge in [-0.25, -0.2) is 8.42 Å². The molecule has 0 N–H and O–H groups in total. The molecule has 1 atom stereocenters. The fraction of sp³-hybridized carbons (Fsp3) is 0.412. The second-order valence-corrected chi connectivity index (χ2v) is 8.05. The van der Waals surface area contributed by atoms with Crippen LogP contribution in [-0.4, -0.2) is 62.4 Å². The molecule has 4 rings (SSSR count). The van der Waals surface area contributed by atoms with Gasteiger partial charge in [-0.2, -0.15) is 4.31 Å². The van der Waals surface area contributed by atoms with Crippen molar-refractivity contribution in [2.75, 3.05) is 33.4 Å². The summed E-state index contributed by atoms with van der Waals surface area (Å²) in [5.41, 5.74) is 0. The summed E-state index contributed by atoms with van der Waals surface area (Å²) in [6, 6.07) is 7.95. The van der Waals surface area contributed by atoms with Crippen LogP contribution in [0.5, 0.6) is 23.3 Å². The van der Waals surface area contributed by atoms with Crippen LogP contribution in [0.25, 0.3) is 0 Å². The van der Waals surface area contributed by atoms with Gasteiger partial charge >= 0.3 is 0 Å². The summed E-state index contributed by atoms with van der Waals surface area (Å²) in [5, 5.41) is 7.75. The number of methoxy groups -OCH3 is 1. The predicted molar refractivity (Wildman–Crippen MR) is 93.8 cm³/mol. The van der Waals surface area contributed by atoms with Crippen LogP contribution in [0.4, 0.5) is 0 Å². The summed E-state index contributed by atoms with van der Waals surface area (Å²) in [6.07, 6.45) is 0.275. The molecule has 9 nitrogen and oxygen atoms in total. The van der Waals surface area contributed by atoms with Crippen molar-refractivity contribution in [2.45, 2.75) is 17.4 Å². The number of ether oxygens (including phenoxy) is 4. The Bertz CT molecular complexity index is 919. The molecule has 1 saturated heterocycles. The summed E-state index contributed by atoms with van der Waals surface area (Å²) in [6.45, 7) is 1.47. The zero-order chi connectivity index (χ0) is 18.9. The number of nitrogens with zero attached hydrogens (tertiary/aromatic N) is 3. The van der Waals surface area contributed by atoms with Crippen LogP contribution in [-0.2, 0) is 10.0 Å². The van der Waals surface area contributed by atoms with Crippen molar-refractivity contribution in [3.8, 4) is 23.3 Å². The quantitative estimate of drug-likeness (QED) is 0.744. The van der Waals surface area contributed by atoms with E-state index in [9.17, 15) is 8.42 Å². The Hall–Kier alpha value is -2.59. The molecule has 0 aliphatic carbocycles. The minimum atomic E-state index is -3.65. The minimum Gasteiger partial charge on any atom is -0.486 e. The van der Waals surface area contributed by atoms with E-state index in [1.165, 1.54) is 23.5 Å². The molecule has 0 amide bonds. The van der Waals surface area contributed by atoms with Gasteiger partial charge in [0.25, 0.3) is 0 Å². The van der Waals surface area contributed by atoms with E-state index in [-0.39, 0.29) is 17.5 Å². The molecule has 1 aromatic heterocycles. The maximum atomic E-state index is 12.9. The molecule has 0 spiro atoms. The number of hydrogen-bond acceptors (Lipinski definition) is 8. The van der Waals surface area contributed by atoms with E-state index < -0.39 is 10.0 Å². The van der Waals surface area contributed by atoms with Crippen LogP contribution in [0, 0.1) is 0 Å². The first kappa shape index (κ1) is 17.8. The van der Waals surface area contributed by atoms with Gasteiger partial charge in [0.1, 0.15) is 19.3 Å². The maximum Gasteiger partial charge on any atom is 0.243 e. The number of sulfonamides is 1. The lowest BCUT2D eigenvalue weighted by Crippen LogP contribution is -2.31. The van der Waals surface area contributed by atoms with Crippen molar-refractivity contribution in [3.63, 3.8) is 0 Å². The maximum absolute atomic E-state index is 12.9. The number of fused-ring (bicyclic) bond motifs is 1. The number of benzene rings is 1. The second kappa shape index (κ2) is 7.20. The minimum absolute atomic E-state index is 0.177. The van der Waals surface area contributed by atoms with Crippen LogP contribution in [0.3, 0.4) is 0 Å². The Morgan fingerprint density at radius 2 is 1.81 bits per heavy atom. The molecule has 1 aromatic carbocycles. The first-order valence-electron chi connectivity index (χ1n) is 8.50. The fourth-order valence-corrected chi connectivity index (χ4v) is 4.50. The highest BCUT2D eigenvalue weighted by molar-refractivity contribution is 7.89. The van der Waals surface area contributed by atoms with Gasteiger partial charge in [-0.3, -0.25) is 0 Å². The Kier molecular flexibility index (Phi) is 4.75. The third-order valence-corrected chi connectivity index (χ3v) is 6.23. The Morgan fingerprint density at radius 3 is 2.56 bits per heavy atom. The van der Waals surface area contributed by atoms with E-state index in [4.69, 9.17) is 18.9 Å². The number of rotatable bonds is 5. The van der Waals surface area contributed by atoms with Crippen LogP contribution in [0.1, 0.15) is 6.42 Å². The molecule has 2 aliphatic heterocycles. The largest absolute Gasteiger partial charge is 0.486 e. The highest BCUT2D eigenvalue weighted by atomic mass is 32.2. The van der Waals surface area contributed by atoms with Crippen LogP contribution >= 0.6 is 0 Å². The zero-order valence-corrected chi connectivity index (χ0v) is 15.5. The lowest BCUT2D eigenvalue weighted by Gasteiger charge is -2.21. The van der Waals surface area contributed by atoms with Crippen molar-refractivity contribution in [1.29, 1.82) is 0 Å². The molecular formula is C17H19N3O6S. The number of hydrogen-bond donors (Lipinski definition) is 0. The van der Waals surface area contributed by atoms with E-state index >= 15 is 0 Å². The second-order valence-electron chi connectivity index (χ2n) is 6.11. The molecule has 2 aromatic rings. The molecule has 27 heavy (non-hydrogen) atoms. The van der Waals surface area contributed by atoms with Gasteiger partial charge < -0.3 is 18.9 Å². The lowest BCUT2D eigenvalue weighted by atomic mass is 10.3. The Balaban J connectivity index is 1.45. The normalized spacial score (nSPS) is 19.7. The standard InChI is InChI=1S/C17H19N3O6S/c1-23-16-4-5-17(19-18-16)26-12-6-7-20(11-12)27(21,22)13-2-3-14-15(10-13)25-9-8-24-14/h2-5,10,12H,6-9,11H2,1H3/t12-/m1/s1. The third kappa shape index (κ3) is 3.62. The van der Waals surface area contributed by atoms with Crippen LogP contribution < -0.4 is 18.9 Å². The highest BCUT2D eigenvalue weighted by Crippen LogP contribution is 2.34. The molecular weight excluding hydrogens is 374 g/mol. The summed E-state index contributed by atoms with van der Waals surface area (Å²) in [5.74, 6) is 1.72. The van der Waals surface area contributed by atoms with Crippen molar-refractivity contribution in [1.82, 2.24) is 14.5 Å². The first-order chi connectivity index (χ1) is 13.1. The van der Waals surface area contributed by atoms with Crippen molar-refractivity contribution in [2.24, 2.45) is 0 Å². The smallest absolute Gasteiger partial charge is 0.243 e. The van der Waals surface area contributed by atoms with E-state index in [1.807, 2.05) is 0 Å². The monoisotopic (exact) mass is 393 g/mol. The molecule has 0 radical (unpaired) electrons. The van der Waals surface area contributed by atoms with E-state index in [0.717, 1.165) is 0 Å². The predicted octanol–water partition coefficient (Wildman–Crippen LogP) is 1.10. The van der Waals surface area contributed by atoms with Crippen LogP contribution in [0.2, 0.25) is 0 Å². The lowest BCUT2D eigenvalue weighted by molar-refractivity contribution is 0.171. The van der Waals surface area contributed by atoms with Gasteiger partial charge in [-0.05, 0) is 18.6 Å². The zero-order valence-electron chi connectivity index (χ0n) is 14.7. The van der Waals surface area contributed by atoms with Gasteiger partial charge in [-0.1, -0.05) is 0 Å². The van der Waals surface area contributed by atoms with Crippen molar-refractivity contribution >= 4 is 10.0 Å². The number of aromatic nitrogens is 2. The summed E-state index contributed by atoms with van der Waals surface area (Å²) < 4.78 is 48.9. The van der Waals surface area contributed by atoms with E-state index in [1.54, 1.807) is 18.2 Å². The summed E-state index contributed by atoms with van der Waals surface area (Å²) in [4.78, 5) is 0.177. The molecule has 1 fully saturated rings. The van der Waals surface area contributed by atoms with Gasteiger partial charge in [0.15, 0.2) is 11.5 Å². The highest BCUT2D eigenvalue weighted by Gasteiger charge is 2.34. The van der Waals surface area contributed by atoms with Gasteiger partial charge in [0, 0.05) is 24.7 Å². The van der Waals surface area contributed by atoms with Crippen LogP contribution in [0.15, 0.2) is 35.2 Å². The van der Waals surface area contributed by atoms with Gasteiger partial charge in [-0.15, -0.1) is 10.2 Å². The van der Waals surface area contributed by atoms with Gasteiger partial charge in [0.2, 0.25) is 21.8 Å². The SMILES string of the molecule is COc1ccc(O[C@@H]2CCN(S(=O)(=O)c3ccc4c(c3)OCCO4)C2)nn1. The molecule has 0 saturated carbocycles. The molecule has 0 unspecified atom stereocenters. The topological polar surface area (TPSA) is 100 Å². The van der Waals surface area contributed by atoms with E-state index in [0.29, 0.717) is 49.4 Å². The van der Waals surface area contributed by atoms with E-state index in [2.05, 4.69) is 10.2 Å². The summed E-state index contributed by atoms with van der Waals surface area (Å²) in [7, 11) is -2.14.